The van der Waals surface area contributed by atoms with Crippen molar-refractivity contribution in [3.8, 4) is 0 Å². The molecule has 1 amide bonds. The normalized spacial score (nSPS) is 19.8. The number of aromatic nitrogens is 2. The van der Waals surface area contributed by atoms with Gasteiger partial charge in [0.15, 0.2) is 28.4 Å². The van der Waals surface area contributed by atoms with E-state index in [4.69, 9.17) is 23.1 Å². The van der Waals surface area contributed by atoms with Gasteiger partial charge in [-0.3, -0.25) is 4.79 Å². The molecule has 1 aromatic rings. The van der Waals surface area contributed by atoms with E-state index in [0.29, 0.717) is 5.96 Å². The highest BCUT2D eigenvalue weighted by atomic mass is 35.5. The van der Waals surface area contributed by atoms with E-state index in [9.17, 15) is 4.79 Å². The number of aliphatic imine (C=N–C) groups is 1. The standard InChI is InChI=1S/C12H17ClN8O.2ClH/c13-7-9(15)19-8(14)6(18-7)10(22)20-11-17-5-12(21-11)1-3-16-4-2-12;;/h16H,1-5H2,(H4,14,15,19)(H2,17,20,21,22);2*1H. The SMILES string of the molecule is Cl.Cl.Nc1nc(N)c(C(=O)/N=C2\NCC3(CCNCC3)N2)nc1Cl. The molecule has 2 aliphatic rings. The molecule has 9 nitrogen and oxygen atoms in total. The summed E-state index contributed by atoms with van der Waals surface area (Å²) in [6.45, 7) is 2.59. The van der Waals surface area contributed by atoms with Gasteiger partial charge >= 0.3 is 5.91 Å². The molecule has 2 saturated heterocycles. The van der Waals surface area contributed by atoms with Crippen molar-refractivity contribution in [3.05, 3.63) is 10.8 Å². The van der Waals surface area contributed by atoms with Gasteiger partial charge in [-0.25, -0.2) is 9.97 Å². The van der Waals surface area contributed by atoms with Crippen molar-refractivity contribution in [3.63, 3.8) is 0 Å². The van der Waals surface area contributed by atoms with E-state index in [1.807, 2.05) is 0 Å². The molecule has 0 aliphatic carbocycles. The summed E-state index contributed by atoms with van der Waals surface area (Å²) < 4.78 is 0. The van der Waals surface area contributed by atoms with Crippen LogP contribution < -0.4 is 27.4 Å². The number of hydrogen-bond donors (Lipinski definition) is 5. The van der Waals surface area contributed by atoms with Crippen LogP contribution in [0.1, 0.15) is 23.3 Å². The van der Waals surface area contributed by atoms with Crippen molar-refractivity contribution in [2.45, 2.75) is 18.4 Å². The van der Waals surface area contributed by atoms with E-state index < -0.39 is 5.91 Å². The Kier molecular flexibility index (Phi) is 6.85. The number of piperidine rings is 1. The molecule has 0 aromatic carbocycles. The lowest BCUT2D eigenvalue weighted by Gasteiger charge is -2.32. The van der Waals surface area contributed by atoms with Crippen LogP contribution in [0.2, 0.25) is 5.15 Å². The largest absolute Gasteiger partial charge is 0.382 e. The maximum absolute atomic E-state index is 12.2. The first-order chi connectivity index (χ1) is 10.5. The van der Waals surface area contributed by atoms with Gasteiger partial charge < -0.3 is 27.4 Å². The predicted octanol–water partition coefficient (Wildman–Crippen LogP) is -0.0508. The fraction of sp³-hybridized carbons (Fsp3) is 0.500. The van der Waals surface area contributed by atoms with Crippen molar-refractivity contribution in [1.29, 1.82) is 0 Å². The van der Waals surface area contributed by atoms with E-state index in [1.54, 1.807) is 0 Å². The molecular weight excluding hydrogens is 379 g/mol. The fourth-order valence-electron chi connectivity index (χ4n) is 2.62. The van der Waals surface area contributed by atoms with Crippen LogP contribution in [0.5, 0.6) is 0 Å². The summed E-state index contributed by atoms with van der Waals surface area (Å²) in [6, 6.07) is 0. The minimum atomic E-state index is -0.618. The molecule has 12 heteroatoms. The Balaban J connectivity index is 0.00000144. The maximum Gasteiger partial charge on any atom is 0.302 e. The lowest BCUT2D eigenvalue weighted by Crippen LogP contribution is -2.51. The molecule has 134 valence electrons. The van der Waals surface area contributed by atoms with E-state index in [2.05, 4.69) is 30.9 Å². The number of nitrogen functional groups attached to an aromatic ring is 2. The van der Waals surface area contributed by atoms with E-state index in [1.165, 1.54) is 0 Å². The Labute approximate surface area is 156 Å². The van der Waals surface area contributed by atoms with Crippen molar-refractivity contribution < 1.29 is 4.79 Å². The maximum atomic E-state index is 12.2. The summed E-state index contributed by atoms with van der Waals surface area (Å²) in [7, 11) is 0. The van der Waals surface area contributed by atoms with Crippen LogP contribution in [0.15, 0.2) is 4.99 Å². The summed E-state index contributed by atoms with van der Waals surface area (Å²) in [4.78, 5) is 23.8. The van der Waals surface area contributed by atoms with E-state index in [-0.39, 0.29) is 52.8 Å². The molecule has 3 rings (SSSR count). The van der Waals surface area contributed by atoms with Gasteiger partial charge in [0.2, 0.25) is 0 Å². The molecule has 24 heavy (non-hydrogen) atoms. The third-order valence-electron chi connectivity index (χ3n) is 3.86. The minimum absolute atomic E-state index is 0. The zero-order valence-electron chi connectivity index (χ0n) is 12.6. The minimum Gasteiger partial charge on any atom is -0.382 e. The number of carbonyl (C=O) groups excluding carboxylic acids is 1. The molecule has 0 saturated carbocycles. The van der Waals surface area contributed by atoms with E-state index in [0.717, 1.165) is 32.5 Å². The van der Waals surface area contributed by atoms with Crippen LogP contribution >= 0.6 is 36.4 Å². The van der Waals surface area contributed by atoms with Gasteiger partial charge in [-0.1, -0.05) is 11.6 Å². The molecule has 1 spiro atoms. The number of nitrogens with zero attached hydrogens (tertiary/aromatic N) is 3. The smallest absolute Gasteiger partial charge is 0.302 e. The van der Waals surface area contributed by atoms with Gasteiger partial charge in [0, 0.05) is 6.54 Å². The van der Waals surface area contributed by atoms with Crippen LogP contribution in [0, 0.1) is 0 Å². The third-order valence-corrected chi connectivity index (χ3v) is 4.14. The van der Waals surface area contributed by atoms with Gasteiger partial charge in [0.05, 0.1) is 5.54 Å². The number of rotatable bonds is 1. The lowest BCUT2D eigenvalue weighted by atomic mass is 9.90. The van der Waals surface area contributed by atoms with Gasteiger partial charge in [-0.05, 0) is 25.9 Å². The predicted molar refractivity (Wildman–Crippen MR) is 98.1 cm³/mol. The zero-order chi connectivity index (χ0) is 15.7. The topological polar surface area (TPSA) is 143 Å². The van der Waals surface area contributed by atoms with Gasteiger partial charge in [0.1, 0.15) is 0 Å². The van der Waals surface area contributed by atoms with Gasteiger partial charge in [-0.15, -0.1) is 24.8 Å². The first-order valence-corrected chi connectivity index (χ1v) is 7.31. The number of amides is 1. The van der Waals surface area contributed by atoms with Crippen molar-refractivity contribution in [2.75, 3.05) is 31.1 Å². The summed E-state index contributed by atoms with van der Waals surface area (Å²) in [5, 5.41) is 9.62. The molecule has 0 atom stereocenters. The molecule has 0 bridgehead atoms. The Morgan fingerprint density at radius 1 is 1.17 bits per heavy atom. The van der Waals surface area contributed by atoms with Crippen molar-refractivity contribution in [1.82, 2.24) is 25.9 Å². The van der Waals surface area contributed by atoms with Gasteiger partial charge in [-0.2, -0.15) is 4.99 Å². The fourth-order valence-corrected chi connectivity index (χ4v) is 2.75. The average Bonchev–Trinajstić information content (AvgIpc) is 2.86. The zero-order valence-corrected chi connectivity index (χ0v) is 15.0. The second-order valence-corrected chi connectivity index (χ2v) is 5.77. The van der Waals surface area contributed by atoms with Crippen LogP contribution in [0.25, 0.3) is 0 Å². The van der Waals surface area contributed by atoms with Crippen LogP contribution in [-0.4, -0.2) is 47.0 Å². The second-order valence-electron chi connectivity index (χ2n) is 5.41. The number of halogens is 3. The highest BCUT2D eigenvalue weighted by Crippen LogP contribution is 2.21. The Morgan fingerprint density at radius 3 is 2.50 bits per heavy atom. The summed E-state index contributed by atoms with van der Waals surface area (Å²) in [5.41, 5.74) is 11.0. The summed E-state index contributed by atoms with van der Waals surface area (Å²) in [5.74, 6) is -0.311. The Morgan fingerprint density at radius 2 is 1.83 bits per heavy atom. The Bertz CT molecular complexity index is 647. The first kappa shape index (κ1) is 20.5. The molecule has 1 aromatic heterocycles. The molecule has 2 fully saturated rings. The van der Waals surface area contributed by atoms with Crippen LogP contribution in [0.4, 0.5) is 11.6 Å². The quantitative estimate of drug-likeness (QED) is 0.444. The number of hydrogen-bond acceptors (Lipinski definition) is 6. The van der Waals surface area contributed by atoms with Crippen LogP contribution in [-0.2, 0) is 0 Å². The van der Waals surface area contributed by atoms with Gasteiger partial charge in [0.25, 0.3) is 0 Å². The molecular formula is C12H19Cl3N8O. The van der Waals surface area contributed by atoms with Crippen molar-refractivity contribution in [2.24, 2.45) is 4.99 Å². The molecule has 3 heterocycles. The number of nitrogens with one attached hydrogen (secondary N) is 3. The molecule has 2 aliphatic heterocycles. The highest BCUT2D eigenvalue weighted by Gasteiger charge is 2.37. The second kappa shape index (κ2) is 8.02. The van der Waals surface area contributed by atoms with Crippen molar-refractivity contribution >= 4 is 59.9 Å². The molecule has 0 unspecified atom stereocenters. The number of nitrogens with two attached hydrogens (primary N) is 2. The molecule has 7 N–H and O–H groups in total. The third kappa shape index (κ3) is 4.10. The Hall–Kier alpha value is -1.55. The lowest BCUT2D eigenvalue weighted by molar-refractivity contribution is 0.0998. The number of carbonyl (C=O) groups is 1. The first-order valence-electron chi connectivity index (χ1n) is 6.93. The summed E-state index contributed by atoms with van der Waals surface area (Å²) in [6.07, 6.45) is 1.92. The number of guanidine groups is 1. The monoisotopic (exact) mass is 396 g/mol. The van der Waals surface area contributed by atoms with E-state index >= 15 is 0 Å². The average molecular weight is 398 g/mol. The summed E-state index contributed by atoms with van der Waals surface area (Å²) >= 11 is 5.77. The highest BCUT2D eigenvalue weighted by molar-refractivity contribution is 6.31. The number of anilines is 2. The van der Waals surface area contributed by atoms with Crippen LogP contribution in [0.3, 0.4) is 0 Å². The molecule has 0 radical (unpaired) electrons.